The highest BCUT2D eigenvalue weighted by Crippen LogP contribution is 2.28. The Kier molecular flexibility index (Phi) is 10.8. The number of aromatic nitrogens is 2. The number of unbranched alkanes of at least 4 members (excludes halogenated alkanes) is 5. The maximum Gasteiger partial charge on any atom is 0.266 e. The number of para-hydroxylation sites is 1. The number of amides is 1. The molecule has 0 aliphatic carbocycles. The van der Waals surface area contributed by atoms with Gasteiger partial charge in [-0.25, -0.2) is 9.37 Å². The molecule has 0 saturated heterocycles. The van der Waals surface area contributed by atoms with Gasteiger partial charge in [-0.1, -0.05) is 71.9 Å². The van der Waals surface area contributed by atoms with Gasteiger partial charge in [0.25, 0.3) is 5.56 Å². The summed E-state index contributed by atoms with van der Waals surface area (Å²) in [5, 5.41) is 0.498. The molecule has 0 bridgehead atoms. The lowest BCUT2D eigenvalue weighted by molar-refractivity contribution is -0.134. The summed E-state index contributed by atoms with van der Waals surface area (Å²) in [6.45, 7) is 9.14. The van der Waals surface area contributed by atoms with Crippen LogP contribution in [0.2, 0.25) is 0 Å². The summed E-state index contributed by atoms with van der Waals surface area (Å²) in [6, 6.07) is 12.8. The lowest BCUT2D eigenvalue weighted by Crippen LogP contribution is -2.39. The smallest absolute Gasteiger partial charge is 0.266 e. The molecule has 6 heteroatoms. The van der Waals surface area contributed by atoms with Crippen molar-refractivity contribution in [1.29, 1.82) is 0 Å². The molecule has 0 saturated carbocycles. The van der Waals surface area contributed by atoms with Gasteiger partial charge in [0.1, 0.15) is 11.6 Å². The number of nitrogens with zero attached hydrogens (tertiary/aromatic N) is 3. The minimum atomic E-state index is -0.369. The first-order valence-electron chi connectivity index (χ1n) is 13.9. The molecule has 0 radical (unpaired) electrons. The zero-order valence-corrected chi connectivity index (χ0v) is 22.9. The van der Waals surface area contributed by atoms with Crippen molar-refractivity contribution in [3.63, 3.8) is 0 Å². The van der Waals surface area contributed by atoms with Gasteiger partial charge in [-0.2, -0.15) is 0 Å². The van der Waals surface area contributed by atoms with E-state index >= 15 is 0 Å². The molecule has 1 aromatic heterocycles. The maximum atomic E-state index is 13.8. The summed E-state index contributed by atoms with van der Waals surface area (Å²) in [4.78, 5) is 34.2. The summed E-state index contributed by atoms with van der Waals surface area (Å²) in [7, 11) is 0. The molecule has 5 nitrogen and oxygen atoms in total. The standard InChI is InChI=1S/C31H42FN3O2/c1-5-7-8-9-10-11-16-29(36)34(22-21-23(3)4)28(6-2)30-33-27-15-13-12-14-26(27)31(37)35(30)25-19-17-24(32)18-20-25/h12-15,17-20,23,28H,5-11,16,21-22H2,1-4H3. The quantitative estimate of drug-likeness (QED) is 0.211. The highest BCUT2D eigenvalue weighted by Gasteiger charge is 2.28. The molecular weight excluding hydrogens is 465 g/mol. The molecule has 2 aromatic carbocycles. The van der Waals surface area contributed by atoms with Crippen molar-refractivity contribution in [2.45, 2.75) is 91.5 Å². The molecule has 37 heavy (non-hydrogen) atoms. The molecule has 1 atom stereocenters. The third kappa shape index (κ3) is 7.50. The molecule has 1 amide bonds. The van der Waals surface area contributed by atoms with E-state index in [0.29, 0.717) is 47.7 Å². The lowest BCUT2D eigenvalue weighted by atomic mass is 10.0. The van der Waals surface area contributed by atoms with E-state index in [0.717, 1.165) is 25.7 Å². The minimum Gasteiger partial charge on any atom is -0.332 e. The second kappa shape index (κ2) is 14.1. The Morgan fingerprint density at radius 2 is 1.65 bits per heavy atom. The van der Waals surface area contributed by atoms with Crippen molar-refractivity contribution in [2.24, 2.45) is 5.92 Å². The van der Waals surface area contributed by atoms with Gasteiger partial charge < -0.3 is 4.90 Å². The molecule has 1 heterocycles. The Hall–Kier alpha value is -3.02. The van der Waals surface area contributed by atoms with Crippen LogP contribution in [0, 0.1) is 11.7 Å². The van der Waals surface area contributed by atoms with Crippen molar-refractivity contribution in [1.82, 2.24) is 14.5 Å². The third-order valence-corrected chi connectivity index (χ3v) is 6.96. The van der Waals surface area contributed by atoms with Gasteiger partial charge in [-0.3, -0.25) is 14.2 Å². The molecule has 3 aromatic rings. The Labute approximate surface area is 220 Å². The van der Waals surface area contributed by atoms with E-state index in [1.807, 2.05) is 30.0 Å². The molecule has 0 spiro atoms. The third-order valence-electron chi connectivity index (χ3n) is 6.96. The van der Waals surface area contributed by atoms with Crippen LogP contribution in [0.5, 0.6) is 0 Å². The van der Waals surface area contributed by atoms with Crippen LogP contribution in [0.25, 0.3) is 16.6 Å². The normalized spacial score (nSPS) is 12.3. The summed E-state index contributed by atoms with van der Waals surface area (Å²) >= 11 is 0. The van der Waals surface area contributed by atoms with Crippen molar-refractivity contribution in [3.05, 3.63) is 70.5 Å². The van der Waals surface area contributed by atoms with E-state index in [9.17, 15) is 14.0 Å². The Bertz CT molecular complexity index is 1200. The SMILES string of the molecule is CCCCCCCCC(=O)N(CCC(C)C)C(CC)c1nc2ccccc2c(=O)n1-c1ccc(F)cc1. The molecule has 0 aliphatic heterocycles. The fraction of sp³-hybridized carbons (Fsp3) is 0.516. The number of rotatable bonds is 14. The van der Waals surface area contributed by atoms with Crippen molar-refractivity contribution < 1.29 is 9.18 Å². The van der Waals surface area contributed by atoms with E-state index in [-0.39, 0.29) is 23.3 Å². The maximum absolute atomic E-state index is 13.8. The van der Waals surface area contributed by atoms with E-state index < -0.39 is 0 Å². The number of fused-ring (bicyclic) bond motifs is 1. The topological polar surface area (TPSA) is 55.2 Å². The largest absolute Gasteiger partial charge is 0.332 e. The van der Waals surface area contributed by atoms with Gasteiger partial charge in [-0.15, -0.1) is 0 Å². The van der Waals surface area contributed by atoms with Gasteiger partial charge in [0, 0.05) is 13.0 Å². The molecule has 3 rings (SSSR count). The van der Waals surface area contributed by atoms with Crippen molar-refractivity contribution >= 4 is 16.8 Å². The average Bonchev–Trinajstić information content (AvgIpc) is 2.89. The Morgan fingerprint density at radius 3 is 2.32 bits per heavy atom. The highest BCUT2D eigenvalue weighted by molar-refractivity contribution is 5.79. The van der Waals surface area contributed by atoms with Crippen LogP contribution in [0.15, 0.2) is 53.3 Å². The number of hydrogen-bond acceptors (Lipinski definition) is 3. The first kappa shape index (κ1) is 28.5. The zero-order valence-electron chi connectivity index (χ0n) is 22.9. The highest BCUT2D eigenvalue weighted by atomic mass is 19.1. The predicted molar refractivity (Wildman–Crippen MR) is 149 cm³/mol. The molecule has 0 N–H and O–H groups in total. The Balaban J connectivity index is 2.03. The fourth-order valence-electron chi connectivity index (χ4n) is 4.81. The number of carbonyl (C=O) groups excluding carboxylic acids is 1. The molecule has 200 valence electrons. The first-order valence-corrected chi connectivity index (χ1v) is 13.9. The number of benzene rings is 2. The average molecular weight is 508 g/mol. The predicted octanol–water partition coefficient (Wildman–Crippen LogP) is 7.60. The second-order valence-corrected chi connectivity index (χ2v) is 10.3. The summed E-state index contributed by atoms with van der Waals surface area (Å²) in [5.41, 5.74) is 0.939. The molecule has 0 fully saturated rings. The van der Waals surface area contributed by atoms with Gasteiger partial charge >= 0.3 is 0 Å². The summed E-state index contributed by atoms with van der Waals surface area (Å²) in [6.07, 6.45) is 8.71. The van der Waals surface area contributed by atoms with Crippen molar-refractivity contribution in [3.8, 4) is 5.69 Å². The van der Waals surface area contributed by atoms with Gasteiger partial charge in [-0.05, 0) is 61.6 Å². The van der Waals surface area contributed by atoms with Crippen molar-refractivity contribution in [2.75, 3.05) is 6.54 Å². The van der Waals surface area contributed by atoms with Crippen LogP contribution in [0.4, 0.5) is 4.39 Å². The first-order chi connectivity index (χ1) is 17.9. The molecule has 1 unspecified atom stereocenters. The summed E-state index contributed by atoms with van der Waals surface area (Å²) in [5.74, 6) is 0.700. The second-order valence-electron chi connectivity index (χ2n) is 10.3. The van der Waals surface area contributed by atoms with Crippen LogP contribution in [-0.4, -0.2) is 26.9 Å². The zero-order chi connectivity index (χ0) is 26.8. The van der Waals surface area contributed by atoms with E-state index in [1.165, 1.54) is 31.4 Å². The number of halogens is 1. The monoisotopic (exact) mass is 507 g/mol. The van der Waals surface area contributed by atoms with Gasteiger partial charge in [0.05, 0.1) is 22.6 Å². The van der Waals surface area contributed by atoms with E-state index in [1.54, 1.807) is 22.8 Å². The molecule has 0 aliphatic rings. The van der Waals surface area contributed by atoms with Crippen LogP contribution in [0.3, 0.4) is 0 Å². The number of hydrogen-bond donors (Lipinski definition) is 0. The van der Waals surface area contributed by atoms with Crippen LogP contribution < -0.4 is 5.56 Å². The fourth-order valence-corrected chi connectivity index (χ4v) is 4.81. The van der Waals surface area contributed by atoms with Crippen LogP contribution >= 0.6 is 0 Å². The van der Waals surface area contributed by atoms with E-state index in [2.05, 4.69) is 20.8 Å². The summed E-state index contributed by atoms with van der Waals surface area (Å²) < 4.78 is 15.3. The van der Waals surface area contributed by atoms with Gasteiger partial charge in [0.15, 0.2) is 0 Å². The van der Waals surface area contributed by atoms with E-state index in [4.69, 9.17) is 4.98 Å². The minimum absolute atomic E-state index is 0.107. The van der Waals surface area contributed by atoms with Crippen LogP contribution in [0.1, 0.15) is 97.3 Å². The number of carbonyl (C=O) groups is 1. The molecular formula is C31H42FN3O2. The lowest BCUT2D eigenvalue weighted by Gasteiger charge is -2.33. The van der Waals surface area contributed by atoms with Crippen LogP contribution in [-0.2, 0) is 4.79 Å². The van der Waals surface area contributed by atoms with Gasteiger partial charge in [0.2, 0.25) is 5.91 Å². The Morgan fingerprint density at radius 1 is 0.973 bits per heavy atom.